The van der Waals surface area contributed by atoms with Crippen LogP contribution in [0.15, 0.2) is 34.4 Å². The van der Waals surface area contributed by atoms with Gasteiger partial charge in [0.1, 0.15) is 0 Å². The van der Waals surface area contributed by atoms with Gasteiger partial charge in [0.25, 0.3) is 0 Å². The average Bonchev–Trinajstić information content (AvgIpc) is 2.93. The number of H-pyrrole nitrogens is 1. The highest BCUT2D eigenvalue weighted by Crippen LogP contribution is 2.54. The van der Waals surface area contributed by atoms with E-state index in [1.54, 1.807) is 5.57 Å². The van der Waals surface area contributed by atoms with Crippen LogP contribution in [0.4, 0.5) is 0 Å². The van der Waals surface area contributed by atoms with Gasteiger partial charge in [-0.25, -0.2) is 0 Å². The molecule has 22 heavy (non-hydrogen) atoms. The quantitative estimate of drug-likeness (QED) is 0.598. The van der Waals surface area contributed by atoms with Gasteiger partial charge in [0.2, 0.25) is 0 Å². The molecule has 2 fully saturated rings. The molecule has 0 unspecified atom stereocenters. The van der Waals surface area contributed by atoms with Crippen molar-refractivity contribution in [3.8, 4) is 0 Å². The zero-order valence-electron chi connectivity index (χ0n) is 12.5. The van der Waals surface area contributed by atoms with Crippen LogP contribution in [-0.2, 0) is 0 Å². The van der Waals surface area contributed by atoms with Crippen molar-refractivity contribution in [3.63, 3.8) is 0 Å². The molecule has 1 aliphatic carbocycles. The van der Waals surface area contributed by atoms with E-state index in [1.807, 2.05) is 0 Å². The first-order chi connectivity index (χ1) is 10.8. The Kier molecular flexibility index (Phi) is 4.35. The van der Waals surface area contributed by atoms with Crippen LogP contribution < -0.4 is 0 Å². The smallest absolute Gasteiger partial charge is 0.0823 e. The minimum Gasteiger partial charge on any atom is -0.361 e. The van der Waals surface area contributed by atoms with Crippen LogP contribution in [0.3, 0.4) is 0 Å². The van der Waals surface area contributed by atoms with E-state index >= 15 is 0 Å². The van der Waals surface area contributed by atoms with Gasteiger partial charge in [0.05, 0.1) is 4.08 Å². The summed E-state index contributed by atoms with van der Waals surface area (Å²) in [5, 5.41) is 1.33. The molecule has 1 saturated carbocycles. The Hall–Kier alpha value is -0.320. The number of aromatic amines is 1. The molecule has 4 rings (SSSR count). The second kappa shape index (κ2) is 6.29. The van der Waals surface area contributed by atoms with Gasteiger partial charge in [-0.3, -0.25) is 0 Å². The Morgan fingerprint density at radius 2 is 2.00 bits per heavy atom. The number of hydrogen-bond donors (Lipinski definition) is 1. The Morgan fingerprint density at radius 1 is 1.14 bits per heavy atom. The molecule has 0 atom stereocenters. The van der Waals surface area contributed by atoms with Crippen LogP contribution in [0.2, 0.25) is 0 Å². The van der Waals surface area contributed by atoms with E-state index in [4.69, 9.17) is 0 Å². The van der Waals surface area contributed by atoms with Crippen LogP contribution in [0, 0.1) is 0 Å². The van der Waals surface area contributed by atoms with E-state index in [0.717, 1.165) is 4.47 Å². The van der Waals surface area contributed by atoms with Crippen LogP contribution in [-0.4, -0.2) is 20.6 Å². The molecular formula is C18H20BrNS2. The zero-order chi connectivity index (χ0) is 15.0. The number of fused-ring (bicyclic) bond motifs is 1. The van der Waals surface area contributed by atoms with Crippen molar-refractivity contribution >= 4 is 56.4 Å². The number of halogens is 1. The highest BCUT2D eigenvalue weighted by atomic mass is 79.9. The summed E-state index contributed by atoms with van der Waals surface area (Å²) in [5.74, 6) is 2.65. The van der Waals surface area contributed by atoms with Crippen molar-refractivity contribution in [2.45, 2.75) is 36.2 Å². The van der Waals surface area contributed by atoms with Crippen molar-refractivity contribution in [3.05, 3.63) is 40.0 Å². The summed E-state index contributed by atoms with van der Waals surface area (Å²) in [5.41, 5.74) is 4.23. The lowest BCUT2D eigenvalue weighted by Gasteiger charge is -2.41. The maximum absolute atomic E-state index is 3.60. The predicted octanol–water partition coefficient (Wildman–Crippen LogP) is 6.45. The van der Waals surface area contributed by atoms with E-state index in [9.17, 15) is 0 Å². The van der Waals surface area contributed by atoms with E-state index in [1.165, 1.54) is 60.1 Å². The van der Waals surface area contributed by atoms with Gasteiger partial charge < -0.3 is 4.98 Å². The van der Waals surface area contributed by atoms with Crippen molar-refractivity contribution in [1.82, 2.24) is 4.98 Å². The molecule has 2 aromatic rings. The average molecular weight is 394 g/mol. The minimum absolute atomic E-state index is 0.367. The maximum Gasteiger partial charge on any atom is 0.0823 e. The van der Waals surface area contributed by atoms with Crippen LogP contribution in [0.5, 0.6) is 0 Å². The summed E-state index contributed by atoms with van der Waals surface area (Å²) in [6, 6.07) is 6.49. The van der Waals surface area contributed by atoms with Gasteiger partial charge in [0.15, 0.2) is 0 Å². The molecule has 2 aliphatic rings. The van der Waals surface area contributed by atoms with E-state index < -0.39 is 0 Å². The largest absolute Gasteiger partial charge is 0.361 e. The molecule has 116 valence electrons. The molecule has 1 aliphatic heterocycles. The number of nitrogens with one attached hydrogen (secondary N) is 1. The topological polar surface area (TPSA) is 15.8 Å². The van der Waals surface area contributed by atoms with Crippen molar-refractivity contribution in [2.24, 2.45) is 0 Å². The summed E-state index contributed by atoms with van der Waals surface area (Å²) in [6.07, 6.45) is 11.4. The van der Waals surface area contributed by atoms with Crippen molar-refractivity contribution in [2.75, 3.05) is 11.5 Å². The highest BCUT2D eigenvalue weighted by Gasteiger charge is 2.38. The summed E-state index contributed by atoms with van der Waals surface area (Å²) >= 11 is 8.00. The minimum atomic E-state index is 0.367. The van der Waals surface area contributed by atoms with Crippen molar-refractivity contribution < 1.29 is 0 Å². The SMILES string of the molecule is Brc1ccc2[nH]cc(/C=C3\CCCCC34SCCCS4)c2c1. The van der Waals surface area contributed by atoms with E-state index in [0.29, 0.717) is 4.08 Å². The normalized spacial score (nSPS) is 23.4. The summed E-state index contributed by atoms with van der Waals surface area (Å²) in [4.78, 5) is 3.42. The second-order valence-electron chi connectivity index (χ2n) is 6.11. The molecule has 4 heteroatoms. The third-order valence-electron chi connectivity index (χ3n) is 4.66. The molecule has 1 aromatic carbocycles. The number of thioether (sulfide) groups is 2. The van der Waals surface area contributed by atoms with Crippen molar-refractivity contribution in [1.29, 1.82) is 0 Å². The van der Waals surface area contributed by atoms with Gasteiger partial charge in [0, 0.05) is 21.6 Å². The Balaban J connectivity index is 1.76. The third-order valence-corrected chi connectivity index (χ3v) is 8.71. The zero-order valence-corrected chi connectivity index (χ0v) is 15.7. The summed E-state index contributed by atoms with van der Waals surface area (Å²) < 4.78 is 1.52. The Bertz CT molecular complexity index is 705. The first-order valence-electron chi connectivity index (χ1n) is 8.02. The van der Waals surface area contributed by atoms with Gasteiger partial charge in [-0.1, -0.05) is 28.4 Å². The van der Waals surface area contributed by atoms with Crippen LogP contribution >= 0.6 is 39.5 Å². The molecule has 1 N–H and O–H groups in total. The van der Waals surface area contributed by atoms with Gasteiger partial charge in [-0.05, 0) is 66.5 Å². The second-order valence-corrected chi connectivity index (χ2v) is 10.1. The molecule has 0 radical (unpaired) electrons. The molecule has 2 heterocycles. The molecule has 1 saturated heterocycles. The molecule has 1 spiro atoms. The summed E-state index contributed by atoms with van der Waals surface area (Å²) in [6.45, 7) is 0. The van der Waals surface area contributed by atoms with Crippen LogP contribution in [0.25, 0.3) is 17.0 Å². The Labute approximate surface area is 148 Å². The van der Waals surface area contributed by atoms with E-state index in [2.05, 4.69) is 74.9 Å². The fourth-order valence-corrected chi connectivity index (χ4v) is 7.42. The van der Waals surface area contributed by atoms with E-state index in [-0.39, 0.29) is 0 Å². The predicted molar refractivity (Wildman–Crippen MR) is 105 cm³/mol. The van der Waals surface area contributed by atoms with Gasteiger partial charge >= 0.3 is 0 Å². The van der Waals surface area contributed by atoms with Gasteiger partial charge in [-0.2, -0.15) is 0 Å². The molecule has 1 aromatic heterocycles. The first kappa shape index (κ1) is 15.2. The third kappa shape index (κ3) is 2.78. The van der Waals surface area contributed by atoms with Crippen LogP contribution in [0.1, 0.15) is 37.7 Å². The Morgan fingerprint density at radius 3 is 2.86 bits per heavy atom. The number of benzene rings is 1. The lowest BCUT2D eigenvalue weighted by molar-refractivity contribution is 0.587. The number of aromatic nitrogens is 1. The van der Waals surface area contributed by atoms with Gasteiger partial charge in [-0.15, -0.1) is 23.5 Å². The standard InChI is InChI=1S/C18H20BrNS2/c19-15-5-6-17-16(11-15)13(12-20-17)10-14-4-1-2-7-18(14)21-8-3-9-22-18/h5-6,10-12,20H,1-4,7-9H2/b14-10+. The number of rotatable bonds is 1. The fraction of sp³-hybridized carbons (Fsp3) is 0.444. The summed E-state index contributed by atoms with van der Waals surface area (Å²) in [7, 11) is 0. The monoisotopic (exact) mass is 393 g/mol. The lowest BCUT2D eigenvalue weighted by Crippen LogP contribution is -2.30. The number of hydrogen-bond acceptors (Lipinski definition) is 2. The molecular weight excluding hydrogens is 374 g/mol. The first-order valence-corrected chi connectivity index (χ1v) is 10.8. The lowest BCUT2D eigenvalue weighted by atomic mass is 9.92. The maximum atomic E-state index is 3.60. The molecule has 0 amide bonds. The molecule has 1 nitrogen and oxygen atoms in total. The molecule has 0 bridgehead atoms. The fourth-order valence-electron chi connectivity index (χ4n) is 3.53. The highest BCUT2D eigenvalue weighted by molar-refractivity contribution is 9.10.